The number of aromatic amines is 1. The number of aromatic nitrogens is 5. The van der Waals surface area contributed by atoms with E-state index in [1.54, 1.807) is 9.58 Å². The summed E-state index contributed by atoms with van der Waals surface area (Å²) in [5.74, 6) is -0.644. The van der Waals surface area contributed by atoms with Crippen LogP contribution in [-0.2, 0) is 22.7 Å². The minimum absolute atomic E-state index is 0.110. The second kappa shape index (κ2) is 12.9. The maximum atomic E-state index is 14.5. The molecular formula is C36H32N8O2S. The first kappa shape index (κ1) is 29.9. The molecule has 0 saturated carbocycles. The number of H-pyrrole nitrogens is 1. The Morgan fingerprint density at radius 1 is 0.915 bits per heavy atom. The number of para-hydroxylation sites is 2. The van der Waals surface area contributed by atoms with Gasteiger partial charge in [-0.05, 0) is 42.5 Å². The Balaban J connectivity index is 1.30. The van der Waals surface area contributed by atoms with Crippen molar-refractivity contribution in [3.8, 4) is 11.3 Å². The summed E-state index contributed by atoms with van der Waals surface area (Å²) in [4.78, 5) is 40.8. The van der Waals surface area contributed by atoms with Crippen molar-refractivity contribution in [2.45, 2.75) is 19.1 Å². The summed E-state index contributed by atoms with van der Waals surface area (Å²) in [6, 6.07) is 31.8. The van der Waals surface area contributed by atoms with Crippen molar-refractivity contribution in [3.05, 3.63) is 125 Å². The molecule has 0 aliphatic rings. The van der Waals surface area contributed by atoms with Gasteiger partial charge in [0.1, 0.15) is 23.1 Å². The van der Waals surface area contributed by atoms with Crippen LogP contribution in [0.4, 0.5) is 11.4 Å². The minimum Gasteiger partial charge on any atom is -0.378 e. The molecule has 2 amide bonds. The molecule has 234 valence electrons. The molecule has 4 aromatic carbocycles. The number of amides is 2. The summed E-state index contributed by atoms with van der Waals surface area (Å²) in [5, 5.41) is 15.1. The first-order valence-electron chi connectivity index (χ1n) is 15.2. The molecular weight excluding hydrogens is 609 g/mol. The zero-order valence-electron chi connectivity index (χ0n) is 25.9. The Labute approximate surface area is 275 Å². The first-order valence-corrected chi connectivity index (χ1v) is 16.0. The molecule has 2 N–H and O–H groups in total. The predicted octanol–water partition coefficient (Wildman–Crippen LogP) is 6.51. The third-order valence-corrected chi connectivity index (χ3v) is 8.91. The van der Waals surface area contributed by atoms with E-state index in [0.717, 1.165) is 33.4 Å². The van der Waals surface area contributed by atoms with Gasteiger partial charge >= 0.3 is 0 Å². The number of nitrogens with one attached hydrogen (secondary N) is 2. The highest BCUT2D eigenvalue weighted by Gasteiger charge is 2.34. The number of carbonyl (C=O) groups excluding carboxylic acids is 2. The highest BCUT2D eigenvalue weighted by Crippen LogP contribution is 2.33. The van der Waals surface area contributed by atoms with Gasteiger partial charge in [-0.2, -0.15) is 0 Å². The van der Waals surface area contributed by atoms with Gasteiger partial charge in [-0.1, -0.05) is 65.9 Å². The van der Waals surface area contributed by atoms with Crippen LogP contribution in [0.5, 0.6) is 0 Å². The molecule has 3 heterocycles. The number of carbonyl (C=O) groups is 2. The third kappa shape index (κ3) is 6.21. The molecule has 11 heteroatoms. The number of hydrogen-bond acceptors (Lipinski definition) is 7. The zero-order chi connectivity index (χ0) is 32.3. The standard InChI is InChI=1S/C36H32N8O2S/c1-42(2)26-18-16-25(17-19-26)38-36(46)35(28-20-37-29-13-7-6-12-27(28)29)43(21-33-39-31(23-47-33)24-10-4-3-5-11-24)34(45)22-44-32-15-9-8-14-30(32)40-41-44/h3-20,23,35,37H,21-22H2,1-2H3,(H,38,46). The Morgan fingerprint density at radius 2 is 1.66 bits per heavy atom. The summed E-state index contributed by atoms with van der Waals surface area (Å²) in [6.07, 6.45) is 1.81. The van der Waals surface area contributed by atoms with Crippen molar-refractivity contribution in [1.29, 1.82) is 0 Å². The number of benzene rings is 4. The van der Waals surface area contributed by atoms with Crippen LogP contribution in [0.3, 0.4) is 0 Å². The normalized spacial score (nSPS) is 11.9. The highest BCUT2D eigenvalue weighted by molar-refractivity contribution is 7.09. The minimum atomic E-state index is -0.994. The van der Waals surface area contributed by atoms with Crippen LogP contribution in [0.1, 0.15) is 16.6 Å². The van der Waals surface area contributed by atoms with E-state index in [1.807, 2.05) is 134 Å². The van der Waals surface area contributed by atoms with Crippen LogP contribution in [0.2, 0.25) is 0 Å². The molecule has 3 aromatic heterocycles. The number of nitrogens with zero attached hydrogens (tertiary/aromatic N) is 6. The van der Waals surface area contributed by atoms with E-state index in [0.29, 0.717) is 21.8 Å². The topological polar surface area (TPSA) is 112 Å². The summed E-state index contributed by atoms with van der Waals surface area (Å²) in [5.41, 5.74) is 6.39. The van der Waals surface area contributed by atoms with Gasteiger partial charge in [0.05, 0.1) is 17.8 Å². The average Bonchev–Trinajstić information content (AvgIpc) is 3.85. The number of hydrogen-bond donors (Lipinski definition) is 2. The van der Waals surface area contributed by atoms with E-state index in [9.17, 15) is 9.59 Å². The largest absolute Gasteiger partial charge is 0.378 e. The maximum Gasteiger partial charge on any atom is 0.251 e. The monoisotopic (exact) mass is 640 g/mol. The second-order valence-electron chi connectivity index (χ2n) is 11.4. The summed E-state index contributed by atoms with van der Waals surface area (Å²) in [7, 11) is 3.93. The molecule has 0 aliphatic heterocycles. The van der Waals surface area contributed by atoms with Gasteiger partial charge in [0.15, 0.2) is 0 Å². The van der Waals surface area contributed by atoms with E-state index in [-0.39, 0.29) is 24.9 Å². The fourth-order valence-corrected chi connectivity index (χ4v) is 6.47. The summed E-state index contributed by atoms with van der Waals surface area (Å²) < 4.78 is 1.58. The smallest absolute Gasteiger partial charge is 0.251 e. The molecule has 0 saturated heterocycles. The van der Waals surface area contributed by atoms with Crippen LogP contribution in [0, 0.1) is 0 Å². The number of anilines is 2. The molecule has 0 bridgehead atoms. The fourth-order valence-electron chi connectivity index (χ4n) is 5.67. The molecule has 1 unspecified atom stereocenters. The number of rotatable bonds is 10. The SMILES string of the molecule is CN(C)c1ccc(NC(=O)C(c2c[nH]c3ccccc23)N(Cc2nc(-c3ccccc3)cs2)C(=O)Cn2nnc3ccccc32)cc1. The van der Waals surface area contributed by atoms with Crippen LogP contribution < -0.4 is 10.2 Å². The van der Waals surface area contributed by atoms with Crippen molar-refractivity contribution >= 4 is 56.5 Å². The maximum absolute atomic E-state index is 14.5. The van der Waals surface area contributed by atoms with Gasteiger partial charge in [-0.25, -0.2) is 9.67 Å². The quantitative estimate of drug-likeness (QED) is 0.176. The van der Waals surface area contributed by atoms with E-state index in [4.69, 9.17) is 4.98 Å². The predicted molar refractivity (Wildman–Crippen MR) is 186 cm³/mol. The van der Waals surface area contributed by atoms with E-state index in [1.165, 1.54) is 11.3 Å². The van der Waals surface area contributed by atoms with Gasteiger partial charge in [0.25, 0.3) is 5.91 Å². The molecule has 0 aliphatic carbocycles. The lowest BCUT2D eigenvalue weighted by atomic mass is 10.0. The average molecular weight is 641 g/mol. The van der Waals surface area contributed by atoms with Gasteiger partial charge < -0.3 is 20.1 Å². The van der Waals surface area contributed by atoms with Gasteiger partial charge in [-0.3, -0.25) is 9.59 Å². The summed E-state index contributed by atoms with van der Waals surface area (Å²) in [6.45, 7) is 0.00121. The van der Waals surface area contributed by atoms with E-state index in [2.05, 4.69) is 20.6 Å². The lowest BCUT2D eigenvalue weighted by Gasteiger charge is -2.30. The molecule has 7 rings (SSSR count). The Morgan fingerprint density at radius 3 is 2.47 bits per heavy atom. The van der Waals surface area contributed by atoms with E-state index < -0.39 is 6.04 Å². The molecule has 47 heavy (non-hydrogen) atoms. The van der Waals surface area contributed by atoms with Crippen molar-refractivity contribution in [2.24, 2.45) is 0 Å². The molecule has 10 nitrogen and oxygen atoms in total. The lowest BCUT2D eigenvalue weighted by Crippen LogP contribution is -2.42. The van der Waals surface area contributed by atoms with Crippen LogP contribution in [0.25, 0.3) is 33.2 Å². The third-order valence-electron chi connectivity index (χ3n) is 8.08. The molecule has 0 radical (unpaired) electrons. The van der Waals surface area contributed by atoms with Gasteiger partial charge in [0, 0.05) is 59.1 Å². The van der Waals surface area contributed by atoms with Crippen molar-refractivity contribution in [3.63, 3.8) is 0 Å². The lowest BCUT2D eigenvalue weighted by molar-refractivity contribution is -0.140. The Bertz CT molecular complexity index is 2170. The zero-order valence-corrected chi connectivity index (χ0v) is 26.7. The molecule has 0 fully saturated rings. The van der Waals surface area contributed by atoms with Crippen LogP contribution >= 0.6 is 11.3 Å². The molecule has 7 aromatic rings. The van der Waals surface area contributed by atoms with E-state index >= 15 is 0 Å². The van der Waals surface area contributed by atoms with Crippen molar-refractivity contribution < 1.29 is 9.59 Å². The highest BCUT2D eigenvalue weighted by atomic mass is 32.1. The fraction of sp³-hybridized carbons (Fsp3) is 0.139. The molecule has 1 atom stereocenters. The van der Waals surface area contributed by atoms with Gasteiger partial charge in [-0.15, -0.1) is 16.4 Å². The number of thiazole rings is 1. The van der Waals surface area contributed by atoms with Crippen LogP contribution in [0.15, 0.2) is 115 Å². The van der Waals surface area contributed by atoms with Crippen LogP contribution in [-0.4, -0.2) is 55.8 Å². The first-order chi connectivity index (χ1) is 22.9. The molecule has 0 spiro atoms. The Kier molecular flexibility index (Phi) is 8.20. The van der Waals surface area contributed by atoms with Crippen molar-refractivity contribution in [2.75, 3.05) is 24.3 Å². The van der Waals surface area contributed by atoms with Crippen molar-refractivity contribution in [1.82, 2.24) is 29.9 Å². The van der Waals surface area contributed by atoms with Gasteiger partial charge in [0.2, 0.25) is 5.91 Å². The second-order valence-corrected chi connectivity index (χ2v) is 12.3. The number of fused-ring (bicyclic) bond motifs is 2. The Hall–Kier alpha value is -5.81. The summed E-state index contributed by atoms with van der Waals surface area (Å²) >= 11 is 1.45.